The van der Waals surface area contributed by atoms with Crippen molar-refractivity contribution in [3.8, 4) is 5.69 Å². The van der Waals surface area contributed by atoms with Crippen molar-refractivity contribution in [1.82, 2.24) is 30.8 Å². The number of carbonyl (C=O) groups is 1. The Morgan fingerprint density at radius 3 is 2.82 bits per heavy atom. The largest absolute Gasteiger partial charge is 0.352 e. The number of hydrogen-bond donors (Lipinski definition) is 2. The molecule has 1 aromatic heterocycles. The molecule has 1 saturated heterocycles. The Labute approximate surface area is 134 Å². The van der Waals surface area contributed by atoms with Gasteiger partial charge in [0, 0.05) is 18.2 Å². The highest BCUT2D eigenvalue weighted by Crippen LogP contribution is 2.09. The number of nitrogens with one attached hydrogen (secondary N) is 2. The first kappa shape index (κ1) is 16.4. The molecule has 1 aliphatic rings. The maximum Gasteiger partial charge on any atom is 0.251 e. The zero-order valence-electron chi connectivity index (χ0n) is 12.1. The van der Waals surface area contributed by atoms with E-state index in [4.69, 9.17) is 0 Å². The molecular weight excluding hydrogens is 304 g/mol. The Morgan fingerprint density at radius 1 is 1.36 bits per heavy atom. The number of aromatic nitrogens is 4. The Morgan fingerprint density at radius 2 is 2.18 bits per heavy atom. The fourth-order valence-electron chi connectivity index (χ4n) is 2.51. The van der Waals surface area contributed by atoms with Crippen LogP contribution in [-0.4, -0.2) is 45.2 Å². The van der Waals surface area contributed by atoms with Crippen molar-refractivity contribution in [2.45, 2.75) is 25.3 Å². The monoisotopic (exact) mass is 322 g/mol. The number of nitrogens with zero attached hydrogens (tertiary/aromatic N) is 4. The van der Waals surface area contributed by atoms with Crippen LogP contribution in [0.4, 0.5) is 0 Å². The number of rotatable bonds is 5. The summed E-state index contributed by atoms with van der Waals surface area (Å²) >= 11 is 0. The number of halogens is 1. The van der Waals surface area contributed by atoms with Crippen molar-refractivity contribution in [2.75, 3.05) is 13.1 Å². The summed E-state index contributed by atoms with van der Waals surface area (Å²) < 4.78 is 1.55. The molecule has 0 spiro atoms. The van der Waals surface area contributed by atoms with Crippen molar-refractivity contribution in [2.24, 2.45) is 0 Å². The first-order chi connectivity index (χ1) is 10.3. The second-order valence-corrected chi connectivity index (χ2v) is 5.14. The summed E-state index contributed by atoms with van der Waals surface area (Å²) in [5, 5.41) is 17.3. The lowest BCUT2D eigenvalue weighted by Crippen LogP contribution is -2.30. The minimum absolute atomic E-state index is 0. The minimum Gasteiger partial charge on any atom is -0.352 e. The lowest BCUT2D eigenvalue weighted by molar-refractivity contribution is 0.0952. The quantitative estimate of drug-likeness (QED) is 0.856. The number of tetrazole rings is 1. The topological polar surface area (TPSA) is 84.7 Å². The van der Waals surface area contributed by atoms with Gasteiger partial charge >= 0.3 is 0 Å². The van der Waals surface area contributed by atoms with Crippen LogP contribution in [0.2, 0.25) is 0 Å². The van der Waals surface area contributed by atoms with Crippen LogP contribution in [0.15, 0.2) is 30.6 Å². The van der Waals surface area contributed by atoms with Gasteiger partial charge in [-0.25, -0.2) is 4.68 Å². The Balaban J connectivity index is 0.00000176. The van der Waals surface area contributed by atoms with E-state index < -0.39 is 0 Å². The molecule has 7 nitrogen and oxygen atoms in total. The van der Waals surface area contributed by atoms with Gasteiger partial charge in [-0.1, -0.05) is 0 Å². The standard InChI is InChI=1S/C14H18N6O.ClH/c21-14(16-9-7-12-2-1-8-15-12)11-3-5-13(6-4-11)20-10-17-18-19-20;/h3-6,10,12,15H,1-2,7-9H2,(H,16,21);1H/t12-;/m1./s1. The molecule has 1 atom stereocenters. The third-order valence-corrected chi connectivity index (χ3v) is 3.68. The van der Waals surface area contributed by atoms with Gasteiger partial charge in [0.25, 0.3) is 5.91 Å². The van der Waals surface area contributed by atoms with Gasteiger partial charge in [-0.3, -0.25) is 4.79 Å². The van der Waals surface area contributed by atoms with E-state index in [1.54, 1.807) is 16.8 Å². The van der Waals surface area contributed by atoms with E-state index >= 15 is 0 Å². The SMILES string of the molecule is Cl.O=C(NCC[C@H]1CCCN1)c1ccc(-n2cnnn2)cc1. The molecule has 2 N–H and O–H groups in total. The Kier molecular flexibility index (Phi) is 5.85. The molecule has 1 fully saturated rings. The first-order valence-electron chi connectivity index (χ1n) is 7.18. The number of amides is 1. The normalized spacial score (nSPS) is 17.0. The summed E-state index contributed by atoms with van der Waals surface area (Å²) in [6.07, 6.45) is 4.94. The molecule has 0 saturated carbocycles. The molecule has 8 heteroatoms. The fourth-order valence-corrected chi connectivity index (χ4v) is 2.51. The maximum atomic E-state index is 12.0. The van der Waals surface area contributed by atoms with Gasteiger partial charge in [0.15, 0.2) is 0 Å². The van der Waals surface area contributed by atoms with Gasteiger partial charge in [0.1, 0.15) is 6.33 Å². The van der Waals surface area contributed by atoms with Crippen molar-refractivity contribution in [1.29, 1.82) is 0 Å². The average molecular weight is 323 g/mol. The van der Waals surface area contributed by atoms with Gasteiger partial charge in [0.05, 0.1) is 5.69 Å². The van der Waals surface area contributed by atoms with Gasteiger partial charge < -0.3 is 10.6 Å². The summed E-state index contributed by atoms with van der Waals surface area (Å²) in [4.78, 5) is 12.0. The minimum atomic E-state index is -0.0451. The van der Waals surface area contributed by atoms with Crippen molar-refractivity contribution >= 4 is 18.3 Å². The van der Waals surface area contributed by atoms with Crippen LogP contribution in [0.25, 0.3) is 5.69 Å². The van der Waals surface area contributed by atoms with Gasteiger partial charge in [-0.15, -0.1) is 17.5 Å². The van der Waals surface area contributed by atoms with Crippen LogP contribution in [0.1, 0.15) is 29.6 Å². The smallest absolute Gasteiger partial charge is 0.251 e. The van der Waals surface area contributed by atoms with E-state index in [1.807, 2.05) is 12.1 Å². The lowest BCUT2D eigenvalue weighted by atomic mass is 10.1. The molecule has 2 heterocycles. The summed E-state index contributed by atoms with van der Waals surface area (Å²) in [6.45, 7) is 1.79. The molecule has 3 rings (SSSR count). The highest BCUT2D eigenvalue weighted by molar-refractivity contribution is 5.94. The number of hydrogen-bond acceptors (Lipinski definition) is 5. The Hall–Kier alpha value is -1.99. The van der Waals surface area contributed by atoms with Gasteiger partial charge in [0.2, 0.25) is 0 Å². The van der Waals surface area contributed by atoms with Crippen molar-refractivity contribution in [3.63, 3.8) is 0 Å². The summed E-state index contributed by atoms with van der Waals surface area (Å²) in [7, 11) is 0. The highest BCUT2D eigenvalue weighted by Gasteiger charge is 2.14. The molecule has 118 valence electrons. The first-order valence-corrected chi connectivity index (χ1v) is 7.18. The van der Waals surface area contributed by atoms with E-state index in [0.29, 0.717) is 18.2 Å². The van der Waals surface area contributed by atoms with Crippen LogP contribution in [-0.2, 0) is 0 Å². The van der Waals surface area contributed by atoms with E-state index in [-0.39, 0.29) is 18.3 Å². The fraction of sp³-hybridized carbons (Fsp3) is 0.429. The third kappa shape index (κ3) is 4.02. The molecule has 2 aromatic rings. The second-order valence-electron chi connectivity index (χ2n) is 5.14. The van der Waals surface area contributed by atoms with Crippen LogP contribution < -0.4 is 10.6 Å². The molecule has 0 aliphatic carbocycles. The van der Waals surface area contributed by atoms with Crippen molar-refractivity contribution in [3.05, 3.63) is 36.2 Å². The van der Waals surface area contributed by atoms with Crippen LogP contribution >= 0.6 is 12.4 Å². The third-order valence-electron chi connectivity index (χ3n) is 3.68. The predicted molar refractivity (Wildman–Crippen MR) is 84.4 cm³/mol. The summed E-state index contributed by atoms with van der Waals surface area (Å²) in [5.41, 5.74) is 1.47. The van der Waals surface area contributed by atoms with Crippen LogP contribution in [0, 0.1) is 0 Å². The van der Waals surface area contributed by atoms with Gasteiger partial charge in [-0.2, -0.15) is 0 Å². The van der Waals surface area contributed by atoms with Crippen LogP contribution in [0.5, 0.6) is 0 Å². The lowest BCUT2D eigenvalue weighted by Gasteiger charge is -2.11. The number of benzene rings is 1. The zero-order valence-corrected chi connectivity index (χ0v) is 12.9. The molecule has 1 aromatic carbocycles. The molecular formula is C14H19ClN6O. The molecule has 22 heavy (non-hydrogen) atoms. The van der Waals surface area contributed by atoms with Crippen LogP contribution in [0.3, 0.4) is 0 Å². The number of carbonyl (C=O) groups excluding carboxylic acids is 1. The maximum absolute atomic E-state index is 12.0. The Bertz CT molecular complexity index is 580. The molecule has 1 amide bonds. The summed E-state index contributed by atoms with van der Waals surface area (Å²) in [5.74, 6) is -0.0451. The van der Waals surface area contributed by atoms with E-state index in [2.05, 4.69) is 26.2 Å². The molecule has 1 aliphatic heterocycles. The van der Waals surface area contributed by atoms with E-state index in [0.717, 1.165) is 18.7 Å². The highest BCUT2D eigenvalue weighted by atomic mass is 35.5. The second kappa shape index (κ2) is 7.86. The molecule has 0 radical (unpaired) electrons. The molecule has 0 bridgehead atoms. The zero-order chi connectivity index (χ0) is 14.5. The van der Waals surface area contributed by atoms with Crippen molar-refractivity contribution < 1.29 is 4.79 Å². The van der Waals surface area contributed by atoms with E-state index in [1.165, 1.54) is 19.2 Å². The summed E-state index contributed by atoms with van der Waals surface area (Å²) in [6, 6.07) is 7.75. The van der Waals surface area contributed by atoms with Gasteiger partial charge in [-0.05, 0) is 60.5 Å². The van der Waals surface area contributed by atoms with E-state index in [9.17, 15) is 4.79 Å². The average Bonchev–Trinajstić information content (AvgIpc) is 3.21. The predicted octanol–water partition coefficient (Wildman–Crippen LogP) is 0.956. The molecule has 0 unspecified atom stereocenters.